The summed E-state index contributed by atoms with van der Waals surface area (Å²) in [5, 5.41) is 58.1. The number of methoxy groups -OCH3 is 2. The molecular weight excluding hydrogens is 576 g/mol. The molecule has 12 heteroatoms. The highest BCUT2D eigenvalue weighted by Crippen LogP contribution is 2.34. The van der Waals surface area contributed by atoms with Crippen molar-refractivity contribution in [3.63, 3.8) is 0 Å². The Morgan fingerprint density at radius 1 is 0.523 bits per heavy atom. The van der Waals surface area contributed by atoms with Gasteiger partial charge in [-0.25, -0.2) is 0 Å². The molecule has 0 radical (unpaired) electrons. The van der Waals surface area contributed by atoms with Gasteiger partial charge >= 0.3 is 0 Å². The third kappa shape index (κ3) is 5.34. The van der Waals surface area contributed by atoms with Crippen molar-refractivity contribution >= 4 is 21.9 Å². The summed E-state index contributed by atoms with van der Waals surface area (Å²) < 4.78 is 20.5. The second kappa shape index (κ2) is 11.5. The molecule has 4 aromatic carbocycles. The zero-order valence-electron chi connectivity index (χ0n) is 23.1. The second-order valence-electron chi connectivity index (χ2n) is 9.41. The normalized spacial score (nSPS) is 10.8. The molecule has 0 atom stereocenters. The number of rotatable bonds is 4. The van der Waals surface area contributed by atoms with Crippen LogP contribution in [-0.2, 0) is 0 Å². The molecule has 12 nitrogen and oxygen atoms in total. The van der Waals surface area contributed by atoms with Crippen molar-refractivity contribution in [2.45, 2.75) is 0 Å². The first-order valence-corrected chi connectivity index (χ1v) is 12.7. The van der Waals surface area contributed by atoms with Gasteiger partial charge in [0.15, 0.2) is 23.0 Å². The molecule has 0 bridgehead atoms. The fraction of sp³-hybridized carbons (Fsp3) is 0.0625. The largest absolute Gasteiger partial charge is 0.508 e. The molecule has 0 spiro atoms. The lowest BCUT2D eigenvalue weighted by atomic mass is 10.0. The Morgan fingerprint density at radius 2 is 0.909 bits per heavy atom. The standard InChI is InChI=1S/2C16H12O6/c2*1-21-13-3-2-8(4-11(13)18)10-7-22-14-6-9(17)5-12(19)15(14)16(10)20/h2*2-7,17-19H,1H3. The maximum absolute atomic E-state index is 12.5. The number of phenols is 6. The van der Waals surface area contributed by atoms with Crippen LogP contribution in [0.4, 0.5) is 0 Å². The molecule has 2 aromatic heterocycles. The zero-order chi connectivity index (χ0) is 31.7. The number of hydrogen-bond acceptors (Lipinski definition) is 12. The summed E-state index contributed by atoms with van der Waals surface area (Å²) in [5.41, 5.74) is 0.389. The summed E-state index contributed by atoms with van der Waals surface area (Å²) in [5.74, 6) is -0.829. The number of aromatic hydroxyl groups is 6. The van der Waals surface area contributed by atoms with E-state index in [1.165, 1.54) is 63.1 Å². The van der Waals surface area contributed by atoms with Crippen LogP contribution < -0.4 is 20.3 Å². The van der Waals surface area contributed by atoms with Crippen LogP contribution in [0.15, 0.2) is 91.6 Å². The Bertz CT molecular complexity index is 2010. The monoisotopic (exact) mass is 600 g/mol. The van der Waals surface area contributed by atoms with E-state index in [1.54, 1.807) is 12.1 Å². The average molecular weight is 601 g/mol. The second-order valence-corrected chi connectivity index (χ2v) is 9.41. The van der Waals surface area contributed by atoms with E-state index in [4.69, 9.17) is 18.3 Å². The molecule has 0 aliphatic carbocycles. The molecule has 0 saturated carbocycles. The Labute approximate surface area is 247 Å². The molecule has 44 heavy (non-hydrogen) atoms. The molecule has 0 amide bonds. The average Bonchev–Trinajstić information content (AvgIpc) is 2.97. The fourth-order valence-corrected chi connectivity index (χ4v) is 4.55. The van der Waals surface area contributed by atoms with Crippen molar-refractivity contribution in [2.75, 3.05) is 14.2 Å². The molecule has 6 rings (SSSR count). The van der Waals surface area contributed by atoms with Crippen LogP contribution in [0.2, 0.25) is 0 Å². The molecule has 2 heterocycles. The molecule has 6 N–H and O–H groups in total. The Hall–Kier alpha value is -6.30. The Kier molecular flexibility index (Phi) is 7.65. The SMILES string of the molecule is COc1ccc(-c2coc3cc(O)cc(O)c3c2=O)cc1O.COc1ccc(-c2coc3cc(O)cc(O)c3c2=O)cc1O. The van der Waals surface area contributed by atoms with Gasteiger partial charge in [0.1, 0.15) is 57.5 Å². The first-order chi connectivity index (χ1) is 21.0. The van der Waals surface area contributed by atoms with Crippen molar-refractivity contribution in [1.82, 2.24) is 0 Å². The fourth-order valence-electron chi connectivity index (χ4n) is 4.55. The number of hydrogen-bond donors (Lipinski definition) is 6. The minimum absolute atomic E-state index is 0.0365. The molecule has 224 valence electrons. The van der Waals surface area contributed by atoms with Crippen LogP contribution in [0, 0.1) is 0 Å². The highest BCUT2D eigenvalue weighted by Gasteiger charge is 2.16. The first-order valence-electron chi connectivity index (χ1n) is 12.7. The number of phenolic OH excluding ortho intramolecular Hbond substituents is 6. The lowest BCUT2D eigenvalue weighted by molar-refractivity contribution is 0.373. The Balaban J connectivity index is 0.000000175. The van der Waals surface area contributed by atoms with Gasteiger partial charge in [-0.3, -0.25) is 9.59 Å². The van der Waals surface area contributed by atoms with Gasteiger partial charge in [0.05, 0.1) is 25.3 Å². The van der Waals surface area contributed by atoms with Gasteiger partial charge < -0.3 is 48.9 Å². The van der Waals surface area contributed by atoms with Crippen LogP contribution in [0.5, 0.6) is 46.0 Å². The highest BCUT2D eigenvalue weighted by molar-refractivity contribution is 5.89. The third-order valence-electron chi connectivity index (χ3n) is 6.66. The van der Waals surface area contributed by atoms with Crippen molar-refractivity contribution in [3.8, 4) is 68.2 Å². The lowest BCUT2D eigenvalue weighted by Gasteiger charge is -2.07. The van der Waals surface area contributed by atoms with Gasteiger partial charge in [-0.2, -0.15) is 0 Å². The smallest absolute Gasteiger partial charge is 0.204 e. The van der Waals surface area contributed by atoms with Gasteiger partial charge in [0.2, 0.25) is 10.9 Å². The molecule has 0 fully saturated rings. The van der Waals surface area contributed by atoms with E-state index in [0.717, 1.165) is 12.1 Å². The quantitative estimate of drug-likeness (QED) is 0.155. The third-order valence-corrected chi connectivity index (χ3v) is 6.66. The molecule has 6 aromatic rings. The van der Waals surface area contributed by atoms with E-state index >= 15 is 0 Å². The van der Waals surface area contributed by atoms with E-state index in [9.17, 15) is 40.2 Å². The molecule has 0 unspecified atom stereocenters. The van der Waals surface area contributed by atoms with Crippen LogP contribution in [0.1, 0.15) is 0 Å². The van der Waals surface area contributed by atoms with Crippen molar-refractivity contribution in [1.29, 1.82) is 0 Å². The van der Waals surface area contributed by atoms with Crippen molar-refractivity contribution < 1.29 is 48.9 Å². The van der Waals surface area contributed by atoms with Crippen molar-refractivity contribution in [2.24, 2.45) is 0 Å². The number of ether oxygens (including phenoxy) is 2. The van der Waals surface area contributed by atoms with Crippen LogP contribution >= 0.6 is 0 Å². The van der Waals surface area contributed by atoms with E-state index < -0.39 is 10.9 Å². The van der Waals surface area contributed by atoms with E-state index in [2.05, 4.69) is 0 Å². The molecule has 0 saturated heterocycles. The predicted molar refractivity (Wildman–Crippen MR) is 159 cm³/mol. The topological polar surface area (TPSA) is 200 Å². The maximum atomic E-state index is 12.5. The van der Waals surface area contributed by atoms with Crippen LogP contribution in [0.25, 0.3) is 44.2 Å². The summed E-state index contributed by atoms with van der Waals surface area (Å²) in [6, 6.07) is 13.6. The predicted octanol–water partition coefficient (Wildman–Crippen LogP) is 5.17. The summed E-state index contributed by atoms with van der Waals surface area (Å²) in [6.45, 7) is 0. The number of fused-ring (bicyclic) bond motifs is 2. The lowest BCUT2D eigenvalue weighted by Crippen LogP contribution is -2.05. The minimum Gasteiger partial charge on any atom is -0.508 e. The van der Waals surface area contributed by atoms with E-state index in [0.29, 0.717) is 11.1 Å². The van der Waals surface area contributed by atoms with E-state index in [1.807, 2.05) is 0 Å². The van der Waals surface area contributed by atoms with Gasteiger partial charge in [-0.05, 0) is 35.4 Å². The van der Waals surface area contributed by atoms with Gasteiger partial charge in [-0.1, -0.05) is 12.1 Å². The maximum Gasteiger partial charge on any atom is 0.204 e. The summed E-state index contributed by atoms with van der Waals surface area (Å²) in [4.78, 5) is 25.0. The molecular formula is C32H24O12. The number of benzene rings is 4. The Morgan fingerprint density at radius 3 is 1.25 bits per heavy atom. The highest BCUT2D eigenvalue weighted by atomic mass is 16.5. The summed E-state index contributed by atoms with van der Waals surface area (Å²) in [7, 11) is 2.84. The van der Waals surface area contributed by atoms with Gasteiger partial charge in [0.25, 0.3) is 0 Å². The first kappa shape index (κ1) is 29.2. The molecule has 0 aliphatic rings. The van der Waals surface area contributed by atoms with Gasteiger partial charge in [-0.15, -0.1) is 0 Å². The van der Waals surface area contributed by atoms with Crippen LogP contribution in [0.3, 0.4) is 0 Å². The van der Waals surface area contributed by atoms with E-state index in [-0.39, 0.29) is 79.1 Å². The minimum atomic E-state index is -0.469. The summed E-state index contributed by atoms with van der Waals surface area (Å²) >= 11 is 0. The van der Waals surface area contributed by atoms with Crippen LogP contribution in [-0.4, -0.2) is 44.9 Å². The van der Waals surface area contributed by atoms with Crippen molar-refractivity contribution in [3.05, 3.63) is 93.6 Å². The summed E-state index contributed by atoms with van der Waals surface area (Å²) in [6.07, 6.45) is 2.43. The zero-order valence-corrected chi connectivity index (χ0v) is 23.1. The molecule has 0 aliphatic heterocycles. The van der Waals surface area contributed by atoms with Gasteiger partial charge in [0, 0.05) is 24.3 Å².